The summed E-state index contributed by atoms with van der Waals surface area (Å²) in [7, 11) is 0. The van der Waals surface area contributed by atoms with Crippen LogP contribution in [-0.4, -0.2) is 54.5 Å². The van der Waals surface area contributed by atoms with Gasteiger partial charge >= 0.3 is 0 Å². The summed E-state index contributed by atoms with van der Waals surface area (Å²) < 4.78 is 19.5. The summed E-state index contributed by atoms with van der Waals surface area (Å²) in [5, 5.41) is 1.56. The van der Waals surface area contributed by atoms with E-state index in [9.17, 15) is 4.79 Å². The minimum absolute atomic E-state index is 0.0357. The van der Waals surface area contributed by atoms with E-state index in [4.69, 9.17) is 14.2 Å². The molecule has 4 heterocycles. The van der Waals surface area contributed by atoms with E-state index in [2.05, 4.69) is 4.90 Å². The van der Waals surface area contributed by atoms with Gasteiger partial charge in [0.2, 0.25) is 0 Å². The Morgan fingerprint density at radius 1 is 0.833 bits per heavy atom. The minimum atomic E-state index is -0.0357. The lowest BCUT2D eigenvalue weighted by Gasteiger charge is -2.44. The number of ether oxygens (including phenoxy) is 3. The van der Waals surface area contributed by atoms with E-state index in [0.717, 1.165) is 48.6 Å². The van der Waals surface area contributed by atoms with Crippen LogP contribution in [-0.2, 0) is 4.74 Å². The third-order valence-electron chi connectivity index (χ3n) is 8.14. The zero-order valence-electron chi connectivity index (χ0n) is 20.9. The molecule has 0 amide bonds. The molecule has 6 rings (SSSR count). The lowest BCUT2D eigenvalue weighted by molar-refractivity contribution is 0.0366. The molecule has 6 nitrogen and oxygen atoms in total. The van der Waals surface area contributed by atoms with Crippen molar-refractivity contribution in [2.75, 3.05) is 32.9 Å². The number of benzene rings is 2. The van der Waals surface area contributed by atoms with Crippen molar-refractivity contribution in [3.63, 3.8) is 0 Å². The van der Waals surface area contributed by atoms with E-state index in [0.29, 0.717) is 24.0 Å². The molecule has 190 valence electrons. The Bertz CT molecular complexity index is 1230. The number of hydrogen-bond donors (Lipinski definition) is 0. The zero-order chi connectivity index (χ0) is 24.3. The van der Waals surface area contributed by atoms with E-state index in [-0.39, 0.29) is 11.7 Å². The van der Waals surface area contributed by atoms with E-state index >= 15 is 0 Å². The predicted molar refractivity (Wildman–Crippen MR) is 141 cm³/mol. The molecule has 0 N–H and O–H groups in total. The molecule has 6 heteroatoms. The van der Waals surface area contributed by atoms with Gasteiger partial charge in [-0.2, -0.15) is 0 Å². The summed E-state index contributed by atoms with van der Waals surface area (Å²) in [6.45, 7) is 4.64. The lowest BCUT2D eigenvalue weighted by atomic mass is 9.84. The maximum absolute atomic E-state index is 13.2. The van der Waals surface area contributed by atoms with E-state index in [1.165, 1.54) is 45.2 Å². The second-order valence-electron chi connectivity index (χ2n) is 10.5. The van der Waals surface area contributed by atoms with E-state index in [1.54, 1.807) is 4.57 Å². The topological polar surface area (TPSA) is 52.9 Å². The third-order valence-corrected chi connectivity index (χ3v) is 8.14. The Hall–Kier alpha value is -2.83. The second kappa shape index (κ2) is 10.7. The number of nitrogens with zero attached hydrogens (tertiary/aromatic N) is 2. The summed E-state index contributed by atoms with van der Waals surface area (Å²) in [5.74, 6) is 2.25. The molecule has 0 aliphatic carbocycles. The highest BCUT2D eigenvalue weighted by atomic mass is 16.5. The Labute approximate surface area is 212 Å². The summed E-state index contributed by atoms with van der Waals surface area (Å²) in [5.41, 5.74) is 0.801. The van der Waals surface area contributed by atoms with Gasteiger partial charge in [0.05, 0.1) is 12.7 Å². The number of rotatable bonds is 7. The van der Waals surface area contributed by atoms with Gasteiger partial charge in [-0.05, 0) is 106 Å². The van der Waals surface area contributed by atoms with Gasteiger partial charge in [0.15, 0.2) is 0 Å². The molecule has 36 heavy (non-hydrogen) atoms. The fraction of sp³-hybridized carbons (Fsp3) is 0.500. The smallest absolute Gasteiger partial charge is 0.262 e. The van der Waals surface area contributed by atoms with Crippen LogP contribution in [0.1, 0.15) is 44.9 Å². The highest BCUT2D eigenvalue weighted by molar-refractivity contribution is 5.83. The van der Waals surface area contributed by atoms with Crippen LogP contribution in [0.25, 0.3) is 16.5 Å². The summed E-state index contributed by atoms with van der Waals surface area (Å²) in [6, 6.07) is 16.2. The van der Waals surface area contributed by atoms with Crippen molar-refractivity contribution < 1.29 is 14.2 Å². The maximum Gasteiger partial charge on any atom is 0.262 e. The third kappa shape index (κ3) is 5.02. The zero-order valence-corrected chi connectivity index (χ0v) is 20.9. The van der Waals surface area contributed by atoms with Gasteiger partial charge in [-0.1, -0.05) is 6.42 Å². The molecule has 3 aliphatic heterocycles. The second-order valence-corrected chi connectivity index (χ2v) is 10.5. The summed E-state index contributed by atoms with van der Waals surface area (Å²) >= 11 is 0. The van der Waals surface area contributed by atoms with Gasteiger partial charge in [0, 0.05) is 35.8 Å². The number of aromatic nitrogens is 1. The van der Waals surface area contributed by atoms with E-state index < -0.39 is 0 Å². The van der Waals surface area contributed by atoms with Crippen LogP contribution in [0.2, 0.25) is 0 Å². The minimum Gasteiger partial charge on any atom is -0.493 e. The Balaban J connectivity index is 1.12. The van der Waals surface area contributed by atoms with Crippen molar-refractivity contribution >= 4 is 10.8 Å². The maximum atomic E-state index is 13.2. The molecule has 0 spiro atoms. The van der Waals surface area contributed by atoms with Crippen LogP contribution >= 0.6 is 0 Å². The van der Waals surface area contributed by atoms with Crippen LogP contribution in [0, 0.1) is 5.92 Å². The van der Waals surface area contributed by atoms with Crippen molar-refractivity contribution in [3.8, 4) is 17.2 Å². The van der Waals surface area contributed by atoms with Gasteiger partial charge in [-0.25, -0.2) is 0 Å². The predicted octanol–water partition coefficient (Wildman–Crippen LogP) is 5.19. The molecule has 3 aromatic rings. The normalized spacial score (nSPS) is 24.5. The Kier molecular flexibility index (Phi) is 6.97. The average Bonchev–Trinajstić information content (AvgIpc) is 3.45. The van der Waals surface area contributed by atoms with Crippen molar-refractivity contribution in [1.82, 2.24) is 9.47 Å². The molecule has 0 bridgehead atoms. The number of hydrogen-bond acceptors (Lipinski definition) is 5. The van der Waals surface area contributed by atoms with Crippen molar-refractivity contribution in [2.45, 2.75) is 57.1 Å². The monoisotopic (exact) mass is 488 g/mol. The molecule has 1 aromatic heterocycles. The first kappa shape index (κ1) is 23.6. The number of fused-ring (bicyclic) bond motifs is 2. The highest BCUT2D eigenvalue weighted by Crippen LogP contribution is 2.31. The standard InChI is InChI=1S/C30H36N2O4/c33-30-28-13-12-26(36-21-27-6-4-18-34-27)19-22(28)14-17-32(30)24-8-10-25(11-9-24)35-20-23-5-3-16-31-15-2-1-7-29(23)31/h8-14,17,19,23,27,29H,1-7,15-16,18,20-21H2/t23-,27-,29+/m0/s1. The molecule has 3 aliphatic rings. The van der Waals surface area contributed by atoms with Crippen LogP contribution < -0.4 is 15.0 Å². The molecule has 3 fully saturated rings. The highest BCUT2D eigenvalue weighted by Gasteiger charge is 2.33. The van der Waals surface area contributed by atoms with Gasteiger partial charge in [-0.3, -0.25) is 14.3 Å². The molecule has 3 saturated heterocycles. The van der Waals surface area contributed by atoms with Crippen LogP contribution in [0.4, 0.5) is 0 Å². The van der Waals surface area contributed by atoms with Crippen LogP contribution in [0.15, 0.2) is 59.5 Å². The van der Waals surface area contributed by atoms with Gasteiger partial charge < -0.3 is 14.2 Å². The first-order valence-corrected chi connectivity index (χ1v) is 13.6. The number of pyridine rings is 1. The molecule has 2 aromatic carbocycles. The molecule has 0 saturated carbocycles. The number of piperidine rings is 2. The van der Waals surface area contributed by atoms with Crippen molar-refractivity contribution in [2.24, 2.45) is 5.92 Å². The quantitative estimate of drug-likeness (QED) is 0.458. The van der Waals surface area contributed by atoms with E-state index in [1.807, 2.05) is 54.7 Å². The fourth-order valence-corrected chi connectivity index (χ4v) is 6.16. The summed E-state index contributed by atoms with van der Waals surface area (Å²) in [6.07, 6.45) is 10.7. The average molecular weight is 489 g/mol. The SMILES string of the molecule is O=c1c2ccc(OC[C@@H]3CCCO3)cc2ccn1-c1ccc(OC[C@@H]2CCCN3CCCC[C@H]23)cc1. The molecular formula is C30H36N2O4. The van der Waals surface area contributed by atoms with Gasteiger partial charge in [0.1, 0.15) is 18.1 Å². The van der Waals surface area contributed by atoms with Gasteiger partial charge in [0.25, 0.3) is 5.56 Å². The fourth-order valence-electron chi connectivity index (χ4n) is 6.16. The van der Waals surface area contributed by atoms with Gasteiger partial charge in [-0.15, -0.1) is 0 Å². The summed E-state index contributed by atoms with van der Waals surface area (Å²) in [4.78, 5) is 15.9. The van der Waals surface area contributed by atoms with Crippen molar-refractivity contribution in [1.29, 1.82) is 0 Å². The molecule has 3 atom stereocenters. The first-order chi connectivity index (χ1) is 17.7. The lowest BCUT2D eigenvalue weighted by Crippen LogP contribution is -2.49. The molecular weight excluding hydrogens is 452 g/mol. The first-order valence-electron chi connectivity index (χ1n) is 13.6. The van der Waals surface area contributed by atoms with Crippen LogP contribution in [0.5, 0.6) is 11.5 Å². The largest absolute Gasteiger partial charge is 0.493 e. The molecule has 0 unspecified atom stereocenters. The Morgan fingerprint density at radius 3 is 2.53 bits per heavy atom. The van der Waals surface area contributed by atoms with Crippen molar-refractivity contribution in [3.05, 3.63) is 65.1 Å². The Morgan fingerprint density at radius 2 is 1.67 bits per heavy atom. The van der Waals surface area contributed by atoms with Crippen LogP contribution in [0.3, 0.4) is 0 Å². The molecule has 0 radical (unpaired) electrons.